The minimum absolute atomic E-state index is 0.115. The van der Waals surface area contributed by atoms with Crippen molar-refractivity contribution < 1.29 is 14.3 Å². The monoisotopic (exact) mass is 354 g/mol. The summed E-state index contributed by atoms with van der Waals surface area (Å²) < 4.78 is 10.4. The van der Waals surface area contributed by atoms with E-state index in [1.54, 1.807) is 32.4 Å². The van der Waals surface area contributed by atoms with Crippen molar-refractivity contribution in [2.45, 2.75) is 5.03 Å². The molecule has 1 N–H and O–H groups in total. The quantitative estimate of drug-likeness (QED) is 0.679. The lowest BCUT2D eigenvalue weighted by molar-refractivity contribution is -0.113. The van der Waals surface area contributed by atoms with Gasteiger partial charge in [-0.25, -0.2) is 4.98 Å². The number of methoxy groups -OCH3 is 2. The summed E-state index contributed by atoms with van der Waals surface area (Å²) in [7, 11) is 3.14. The van der Waals surface area contributed by atoms with Crippen LogP contribution in [-0.2, 0) is 4.79 Å². The Morgan fingerprint density at radius 1 is 1.04 bits per heavy atom. The van der Waals surface area contributed by atoms with E-state index in [0.29, 0.717) is 17.2 Å². The Kier molecular flexibility index (Phi) is 5.40. The van der Waals surface area contributed by atoms with Crippen LogP contribution in [0.3, 0.4) is 0 Å². The van der Waals surface area contributed by atoms with Gasteiger partial charge >= 0.3 is 0 Å². The number of anilines is 1. The Hall–Kier alpha value is -2.73. The van der Waals surface area contributed by atoms with E-state index in [-0.39, 0.29) is 11.7 Å². The Morgan fingerprint density at radius 2 is 1.76 bits per heavy atom. The van der Waals surface area contributed by atoms with Crippen LogP contribution in [0.1, 0.15) is 0 Å². The molecule has 0 saturated carbocycles. The van der Waals surface area contributed by atoms with Crippen molar-refractivity contribution in [3.63, 3.8) is 0 Å². The van der Waals surface area contributed by atoms with Crippen LogP contribution in [0.25, 0.3) is 10.9 Å². The van der Waals surface area contributed by atoms with Crippen LogP contribution >= 0.6 is 11.8 Å². The second-order valence-electron chi connectivity index (χ2n) is 5.28. The first-order valence-corrected chi connectivity index (χ1v) is 8.68. The molecule has 1 heterocycles. The van der Waals surface area contributed by atoms with E-state index < -0.39 is 0 Å². The lowest BCUT2D eigenvalue weighted by Crippen LogP contribution is -2.14. The van der Waals surface area contributed by atoms with Gasteiger partial charge in [-0.3, -0.25) is 4.79 Å². The van der Waals surface area contributed by atoms with Gasteiger partial charge in [-0.15, -0.1) is 0 Å². The molecule has 0 bridgehead atoms. The fourth-order valence-corrected chi connectivity index (χ4v) is 3.02. The number of hydrogen-bond donors (Lipinski definition) is 1. The van der Waals surface area contributed by atoms with Crippen molar-refractivity contribution in [3.05, 3.63) is 54.6 Å². The minimum atomic E-state index is -0.115. The highest BCUT2D eigenvalue weighted by molar-refractivity contribution is 7.99. The summed E-state index contributed by atoms with van der Waals surface area (Å²) in [6, 6.07) is 17.1. The first-order chi connectivity index (χ1) is 12.2. The number of carbonyl (C=O) groups is 1. The maximum atomic E-state index is 12.2. The zero-order valence-corrected chi connectivity index (χ0v) is 14.8. The number of aromatic nitrogens is 1. The predicted octanol–water partition coefficient (Wildman–Crippen LogP) is 3.98. The zero-order chi connectivity index (χ0) is 17.6. The molecule has 0 spiro atoms. The molecule has 0 unspecified atom stereocenters. The van der Waals surface area contributed by atoms with Gasteiger partial charge < -0.3 is 14.8 Å². The fourth-order valence-electron chi connectivity index (χ4n) is 2.34. The first kappa shape index (κ1) is 17.1. The number of nitrogens with one attached hydrogen (secondary N) is 1. The van der Waals surface area contributed by atoms with Gasteiger partial charge in [-0.05, 0) is 12.1 Å². The standard InChI is InChI=1S/C19H18N2O3S/c1-23-15-9-14(10-16(11-15)24-2)20-18(22)12-25-19-8-7-13-5-3-4-6-17(13)21-19/h3-11H,12H2,1-2H3,(H,20,22). The number of benzene rings is 2. The Morgan fingerprint density at radius 3 is 2.48 bits per heavy atom. The molecule has 3 rings (SSSR count). The fraction of sp³-hybridized carbons (Fsp3) is 0.158. The molecule has 0 radical (unpaired) electrons. The number of pyridine rings is 1. The van der Waals surface area contributed by atoms with Crippen molar-refractivity contribution in [2.75, 3.05) is 25.3 Å². The molecule has 1 amide bonds. The largest absolute Gasteiger partial charge is 0.497 e. The number of para-hydroxylation sites is 1. The van der Waals surface area contributed by atoms with Crippen LogP contribution in [0.4, 0.5) is 5.69 Å². The molecule has 1 aromatic heterocycles. The summed E-state index contributed by atoms with van der Waals surface area (Å²) in [5, 5.41) is 4.75. The zero-order valence-electron chi connectivity index (χ0n) is 14.0. The molecule has 128 valence electrons. The summed E-state index contributed by atoms with van der Waals surface area (Å²) in [6.07, 6.45) is 0. The van der Waals surface area contributed by atoms with E-state index in [1.807, 2.05) is 36.4 Å². The summed E-state index contributed by atoms with van der Waals surface area (Å²) >= 11 is 1.40. The highest BCUT2D eigenvalue weighted by atomic mass is 32.2. The Balaban J connectivity index is 1.64. The van der Waals surface area contributed by atoms with Crippen LogP contribution in [0.2, 0.25) is 0 Å². The van der Waals surface area contributed by atoms with Crippen LogP contribution in [0, 0.1) is 0 Å². The summed E-state index contributed by atoms with van der Waals surface area (Å²) in [4.78, 5) is 16.8. The lowest BCUT2D eigenvalue weighted by Gasteiger charge is -2.10. The van der Waals surface area contributed by atoms with Crippen LogP contribution in [0.5, 0.6) is 11.5 Å². The SMILES string of the molecule is COc1cc(NC(=O)CSc2ccc3ccccc3n2)cc(OC)c1. The second kappa shape index (κ2) is 7.90. The molecule has 0 fully saturated rings. The average Bonchev–Trinajstić information content (AvgIpc) is 2.65. The number of hydrogen-bond acceptors (Lipinski definition) is 5. The van der Waals surface area contributed by atoms with Gasteiger partial charge in [0.2, 0.25) is 5.91 Å². The number of fused-ring (bicyclic) bond motifs is 1. The molecule has 5 nitrogen and oxygen atoms in total. The molecule has 25 heavy (non-hydrogen) atoms. The van der Waals surface area contributed by atoms with E-state index in [1.165, 1.54) is 11.8 Å². The summed E-state index contributed by atoms with van der Waals surface area (Å²) in [6.45, 7) is 0. The third-order valence-corrected chi connectivity index (χ3v) is 4.49. The smallest absolute Gasteiger partial charge is 0.234 e. The van der Waals surface area contributed by atoms with Gasteiger partial charge in [0.1, 0.15) is 11.5 Å². The molecular formula is C19H18N2O3S. The molecule has 0 aliphatic heterocycles. The van der Waals surface area contributed by atoms with Gasteiger partial charge in [0.15, 0.2) is 0 Å². The molecule has 0 atom stereocenters. The Labute approximate surface area is 150 Å². The molecule has 0 aliphatic carbocycles. The normalized spacial score (nSPS) is 10.5. The number of ether oxygens (including phenoxy) is 2. The van der Waals surface area contributed by atoms with Gasteiger partial charge in [-0.1, -0.05) is 36.0 Å². The van der Waals surface area contributed by atoms with Crippen LogP contribution in [0.15, 0.2) is 59.6 Å². The third-order valence-electron chi connectivity index (χ3n) is 3.56. The molecule has 3 aromatic rings. The first-order valence-electron chi connectivity index (χ1n) is 7.69. The van der Waals surface area contributed by atoms with Gasteiger partial charge in [0.25, 0.3) is 0 Å². The van der Waals surface area contributed by atoms with Crippen molar-refractivity contribution in [2.24, 2.45) is 0 Å². The summed E-state index contributed by atoms with van der Waals surface area (Å²) in [5.41, 5.74) is 1.55. The highest BCUT2D eigenvalue weighted by Gasteiger charge is 2.08. The lowest BCUT2D eigenvalue weighted by atomic mass is 10.2. The number of carbonyl (C=O) groups excluding carboxylic acids is 1. The average molecular weight is 354 g/mol. The van der Waals surface area contributed by atoms with Crippen LogP contribution < -0.4 is 14.8 Å². The maximum Gasteiger partial charge on any atom is 0.234 e. The molecule has 0 aliphatic rings. The van der Waals surface area contributed by atoms with E-state index in [9.17, 15) is 4.79 Å². The molecule has 2 aromatic carbocycles. The number of thioether (sulfide) groups is 1. The maximum absolute atomic E-state index is 12.2. The second-order valence-corrected chi connectivity index (χ2v) is 6.28. The highest BCUT2D eigenvalue weighted by Crippen LogP contribution is 2.26. The predicted molar refractivity (Wildman–Crippen MR) is 101 cm³/mol. The topological polar surface area (TPSA) is 60.5 Å². The molecular weight excluding hydrogens is 336 g/mol. The number of nitrogens with zero attached hydrogens (tertiary/aromatic N) is 1. The Bertz CT molecular complexity index is 876. The van der Waals surface area contributed by atoms with Crippen molar-refractivity contribution in [1.82, 2.24) is 4.98 Å². The van der Waals surface area contributed by atoms with Gasteiger partial charge in [0.05, 0.1) is 30.5 Å². The molecule has 0 saturated heterocycles. The summed E-state index contributed by atoms with van der Waals surface area (Å²) in [5.74, 6) is 1.40. The van der Waals surface area contributed by atoms with Gasteiger partial charge in [0, 0.05) is 29.3 Å². The van der Waals surface area contributed by atoms with Crippen molar-refractivity contribution in [1.29, 1.82) is 0 Å². The van der Waals surface area contributed by atoms with E-state index in [2.05, 4.69) is 10.3 Å². The molecule has 6 heteroatoms. The third kappa shape index (κ3) is 4.42. The van der Waals surface area contributed by atoms with E-state index in [4.69, 9.17) is 9.47 Å². The van der Waals surface area contributed by atoms with Crippen molar-refractivity contribution in [3.8, 4) is 11.5 Å². The minimum Gasteiger partial charge on any atom is -0.497 e. The van der Waals surface area contributed by atoms with Crippen LogP contribution in [-0.4, -0.2) is 30.9 Å². The van der Waals surface area contributed by atoms with Gasteiger partial charge in [-0.2, -0.15) is 0 Å². The number of rotatable bonds is 6. The number of amides is 1. The van der Waals surface area contributed by atoms with Crippen molar-refractivity contribution >= 4 is 34.3 Å². The van der Waals surface area contributed by atoms with E-state index in [0.717, 1.165) is 15.9 Å². The van der Waals surface area contributed by atoms with E-state index >= 15 is 0 Å².